The molecule has 1 fully saturated rings. The fourth-order valence-electron chi connectivity index (χ4n) is 4.69. The Morgan fingerprint density at radius 3 is 2.43 bits per heavy atom. The van der Waals surface area contributed by atoms with Gasteiger partial charge < -0.3 is 14.3 Å². The van der Waals surface area contributed by atoms with Gasteiger partial charge in [0.15, 0.2) is 0 Å². The maximum absolute atomic E-state index is 13.2. The van der Waals surface area contributed by atoms with Crippen molar-refractivity contribution in [3.8, 4) is 23.0 Å². The predicted molar refractivity (Wildman–Crippen MR) is 140 cm³/mol. The molecule has 4 heterocycles. The molecule has 0 atom stereocenters. The van der Waals surface area contributed by atoms with Crippen molar-refractivity contribution in [1.82, 2.24) is 24.6 Å². The topological polar surface area (TPSA) is 97.4 Å². The van der Waals surface area contributed by atoms with Crippen molar-refractivity contribution in [3.63, 3.8) is 0 Å². The first-order valence-corrected chi connectivity index (χ1v) is 12.1. The van der Waals surface area contributed by atoms with E-state index in [4.69, 9.17) is 4.52 Å². The van der Waals surface area contributed by atoms with E-state index in [0.29, 0.717) is 35.7 Å². The zero-order chi connectivity index (χ0) is 25.2. The summed E-state index contributed by atoms with van der Waals surface area (Å²) >= 11 is 0. The predicted octanol–water partition coefficient (Wildman–Crippen LogP) is 3.46. The largest absolute Gasteiger partial charge is 0.368 e. The van der Waals surface area contributed by atoms with E-state index >= 15 is 0 Å². The molecule has 1 saturated heterocycles. The zero-order valence-corrected chi connectivity index (χ0v) is 20.0. The molecule has 184 valence electrons. The van der Waals surface area contributed by atoms with E-state index in [2.05, 4.69) is 32.2 Å². The summed E-state index contributed by atoms with van der Waals surface area (Å²) in [5, 5.41) is 4.79. The second-order valence-corrected chi connectivity index (χ2v) is 8.84. The first kappa shape index (κ1) is 22.7. The van der Waals surface area contributed by atoms with Crippen molar-refractivity contribution < 1.29 is 9.32 Å². The van der Waals surface area contributed by atoms with E-state index in [1.54, 1.807) is 12.3 Å². The maximum Gasteiger partial charge on any atom is 0.259 e. The van der Waals surface area contributed by atoms with Crippen LogP contribution in [-0.2, 0) is 11.3 Å². The van der Waals surface area contributed by atoms with Crippen LogP contribution in [0.25, 0.3) is 33.9 Å². The number of hydrogen-bond donors (Lipinski definition) is 0. The van der Waals surface area contributed by atoms with Crippen LogP contribution in [0.15, 0.2) is 94.4 Å². The van der Waals surface area contributed by atoms with Crippen LogP contribution in [0.3, 0.4) is 0 Å². The third-order valence-electron chi connectivity index (χ3n) is 6.62. The van der Waals surface area contributed by atoms with Crippen molar-refractivity contribution in [3.05, 3.63) is 95.4 Å². The standard InChI is InChI=1S/C28H24N6O3/c35-25-18-22(28-30-27(31-37-28)23-11-6-7-13-29-23)21-10-4-5-12-24(21)34(25)19-26(36)33-16-14-32(15-17-33)20-8-2-1-3-9-20/h1-13,18H,14-17,19H2. The Bertz CT molecular complexity index is 1610. The first-order chi connectivity index (χ1) is 18.2. The molecule has 0 bridgehead atoms. The number of carbonyl (C=O) groups excluding carboxylic acids is 1. The number of amides is 1. The van der Waals surface area contributed by atoms with Crippen molar-refractivity contribution in [2.75, 3.05) is 31.1 Å². The van der Waals surface area contributed by atoms with Gasteiger partial charge in [0.25, 0.3) is 11.4 Å². The summed E-state index contributed by atoms with van der Waals surface area (Å²) in [6.45, 7) is 2.68. The Hall–Kier alpha value is -4.79. The van der Waals surface area contributed by atoms with Gasteiger partial charge in [-0.1, -0.05) is 47.6 Å². The van der Waals surface area contributed by atoms with Crippen LogP contribution in [0.5, 0.6) is 0 Å². The Balaban J connectivity index is 1.25. The molecule has 9 heteroatoms. The second kappa shape index (κ2) is 9.69. The van der Waals surface area contributed by atoms with Gasteiger partial charge >= 0.3 is 0 Å². The Morgan fingerprint density at radius 2 is 1.65 bits per heavy atom. The molecule has 6 rings (SSSR count). The van der Waals surface area contributed by atoms with Crippen molar-refractivity contribution in [2.24, 2.45) is 0 Å². The fourth-order valence-corrected chi connectivity index (χ4v) is 4.69. The van der Waals surface area contributed by atoms with E-state index in [1.165, 1.54) is 10.6 Å². The van der Waals surface area contributed by atoms with Gasteiger partial charge in [0.05, 0.1) is 11.1 Å². The Kier molecular flexibility index (Phi) is 5.94. The molecule has 0 radical (unpaired) electrons. The van der Waals surface area contributed by atoms with E-state index in [1.807, 2.05) is 59.5 Å². The van der Waals surface area contributed by atoms with Crippen molar-refractivity contribution >= 4 is 22.5 Å². The summed E-state index contributed by atoms with van der Waals surface area (Å²) in [7, 11) is 0. The number of rotatable bonds is 5. The molecule has 9 nitrogen and oxygen atoms in total. The molecular weight excluding hydrogens is 468 g/mol. The summed E-state index contributed by atoms with van der Waals surface area (Å²) in [4.78, 5) is 39.3. The van der Waals surface area contributed by atoms with E-state index in [0.717, 1.165) is 24.2 Å². The summed E-state index contributed by atoms with van der Waals surface area (Å²) in [6.07, 6.45) is 1.65. The quantitative estimate of drug-likeness (QED) is 0.371. The average Bonchev–Trinajstić information content (AvgIpc) is 3.46. The number of carbonyl (C=O) groups is 1. The number of para-hydroxylation sites is 2. The molecule has 2 aromatic carbocycles. The van der Waals surface area contributed by atoms with E-state index in [-0.39, 0.29) is 23.9 Å². The maximum atomic E-state index is 13.2. The molecule has 5 aromatic rings. The van der Waals surface area contributed by atoms with Crippen LogP contribution in [0, 0.1) is 0 Å². The van der Waals surface area contributed by atoms with Gasteiger partial charge in [-0.05, 0) is 30.3 Å². The van der Waals surface area contributed by atoms with Gasteiger partial charge in [0.1, 0.15) is 12.2 Å². The lowest BCUT2D eigenvalue weighted by Gasteiger charge is -2.36. The van der Waals surface area contributed by atoms with Crippen molar-refractivity contribution in [2.45, 2.75) is 6.54 Å². The number of anilines is 1. The highest BCUT2D eigenvalue weighted by atomic mass is 16.5. The number of aromatic nitrogens is 4. The smallest absolute Gasteiger partial charge is 0.259 e. The van der Waals surface area contributed by atoms with Crippen molar-refractivity contribution in [1.29, 1.82) is 0 Å². The Labute approximate surface area is 212 Å². The van der Waals surface area contributed by atoms with Gasteiger partial charge in [-0.3, -0.25) is 19.1 Å². The molecule has 1 aliphatic rings. The minimum Gasteiger partial charge on any atom is -0.368 e. The highest BCUT2D eigenvalue weighted by Gasteiger charge is 2.23. The lowest BCUT2D eigenvalue weighted by molar-refractivity contribution is -0.132. The molecule has 0 N–H and O–H groups in total. The second-order valence-electron chi connectivity index (χ2n) is 8.84. The molecular formula is C28H24N6O3. The summed E-state index contributed by atoms with van der Waals surface area (Å²) in [6, 6.07) is 24.5. The van der Waals surface area contributed by atoms with Crippen LogP contribution in [-0.4, -0.2) is 56.7 Å². The van der Waals surface area contributed by atoms with Gasteiger partial charge in [-0.2, -0.15) is 4.98 Å². The number of hydrogen-bond acceptors (Lipinski definition) is 7. The monoisotopic (exact) mass is 492 g/mol. The molecule has 1 amide bonds. The lowest BCUT2D eigenvalue weighted by atomic mass is 10.1. The third kappa shape index (κ3) is 4.47. The fraction of sp³-hybridized carbons (Fsp3) is 0.179. The summed E-state index contributed by atoms with van der Waals surface area (Å²) < 4.78 is 7.02. The van der Waals surface area contributed by atoms with Gasteiger partial charge in [0, 0.05) is 49.5 Å². The highest BCUT2D eigenvalue weighted by Crippen LogP contribution is 2.27. The third-order valence-corrected chi connectivity index (χ3v) is 6.62. The molecule has 3 aromatic heterocycles. The number of piperazine rings is 1. The van der Waals surface area contributed by atoms with Crippen LogP contribution in [0.1, 0.15) is 0 Å². The first-order valence-electron chi connectivity index (χ1n) is 12.1. The molecule has 37 heavy (non-hydrogen) atoms. The van der Waals surface area contributed by atoms with Crippen LogP contribution >= 0.6 is 0 Å². The zero-order valence-electron chi connectivity index (χ0n) is 20.0. The normalized spacial score (nSPS) is 13.7. The van der Waals surface area contributed by atoms with E-state index < -0.39 is 0 Å². The molecule has 1 aliphatic heterocycles. The highest BCUT2D eigenvalue weighted by molar-refractivity contribution is 5.93. The minimum absolute atomic E-state index is 0.0337. The summed E-state index contributed by atoms with van der Waals surface area (Å²) in [5.41, 5.74) is 2.59. The average molecular weight is 493 g/mol. The van der Waals surface area contributed by atoms with Gasteiger partial charge in [-0.15, -0.1) is 0 Å². The number of pyridine rings is 2. The minimum atomic E-state index is -0.303. The van der Waals surface area contributed by atoms with Gasteiger partial charge in [-0.25, -0.2) is 0 Å². The lowest BCUT2D eigenvalue weighted by Crippen LogP contribution is -2.50. The molecule has 0 saturated carbocycles. The molecule has 0 spiro atoms. The van der Waals surface area contributed by atoms with Gasteiger partial charge in [0.2, 0.25) is 11.7 Å². The van der Waals surface area contributed by atoms with Crippen LogP contribution < -0.4 is 10.5 Å². The number of nitrogens with zero attached hydrogens (tertiary/aromatic N) is 6. The number of benzene rings is 2. The Morgan fingerprint density at radius 1 is 0.892 bits per heavy atom. The number of fused-ring (bicyclic) bond motifs is 1. The van der Waals surface area contributed by atoms with Crippen LogP contribution in [0.4, 0.5) is 5.69 Å². The van der Waals surface area contributed by atoms with E-state index in [9.17, 15) is 9.59 Å². The summed E-state index contributed by atoms with van der Waals surface area (Å²) in [5.74, 6) is 0.487. The molecule has 0 unspecified atom stereocenters. The molecule has 0 aliphatic carbocycles. The van der Waals surface area contributed by atoms with Crippen LogP contribution in [0.2, 0.25) is 0 Å². The SMILES string of the molecule is O=C(Cn1c(=O)cc(-c2nc(-c3ccccn3)no2)c2ccccc21)N1CCN(c2ccccc2)CC1.